The summed E-state index contributed by atoms with van der Waals surface area (Å²) in [7, 11) is 1.47. The van der Waals surface area contributed by atoms with Crippen molar-refractivity contribution in [3.63, 3.8) is 0 Å². The predicted molar refractivity (Wildman–Crippen MR) is 70.5 cm³/mol. The second-order valence-corrected chi connectivity index (χ2v) is 4.24. The van der Waals surface area contributed by atoms with Crippen molar-refractivity contribution >= 4 is 17.3 Å². The summed E-state index contributed by atoms with van der Waals surface area (Å²) in [5.41, 5.74) is 1.65. The highest BCUT2D eigenvalue weighted by Crippen LogP contribution is 2.23. The minimum absolute atomic E-state index is 0.000858. The van der Waals surface area contributed by atoms with E-state index in [0.717, 1.165) is 11.1 Å². The quantitative estimate of drug-likeness (QED) is 0.480. The molecule has 1 aromatic heterocycles. The molecule has 0 aliphatic carbocycles. The second kappa shape index (κ2) is 5.71. The molecule has 0 bridgehead atoms. The average molecular weight is 282 g/mol. The summed E-state index contributed by atoms with van der Waals surface area (Å²) >= 11 is 5.70. The first-order chi connectivity index (χ1) is 9.12. The van der Waals surface area contributed by atoms with Gasteiger partial charge in [0.2, 0.25) is 0 Å². The minimum atomic E-state index is -0.445. The summed E-state index contributed by atoms with van der Waals surface area (Å²) in [6.45, 7) is 0.426. The Morgan fingerprint density at radius 1 is 1.42 bits per heavy atom. The van der Waals surface area contributed by atoms with Crippen LogP contribution in [0.15, 0.2) is 30.6 Å². The molecule has 1 aromatic carbocycles. The fraction of sp³-hybridized carbons (Fsp3) is 0.250. The van der Waals surface area contributed by atoms with E-state index < -0.39 is 4.92 Å². The Morgan fingerprint density at radius 2 is 2.21 bits per heavy atom. The summed E-state index contributed by atoms with van der Waals surface area (Å²) < 4.78 is 6.73. The van der Waals surface area contributed by atoms with Crippen molar-refractivity contribution in [3.05, 3.63) is 51.8 Å². The number of benzene rings is 1. The topological polar surface area (TPSA) is 70.2 Å². The molecule has 0 unspecified atom stereocenters. The molecule has 1 heterocycles. The van der Waals surface area contributed by atoms with Gasteiger partial charge in [-0.15, -0.1) is 11.6 Å². The van der Waals surface area contributed by atoms with E-state index >= 15 is 0 Å². The van der Waals surface area contributed by atoms with E-state index in [1.807, 2.05) is 0 Å². The molecule has 7 heteroatoms. The number of methoxy groups -OCH3 is 1. The monoisotopic (exact) mass is 281 g/mol. The van der Waals surface area contributed by atoms with Crippen molar-refractivity contribution in [2.45, 2.75) is 12.4 Å². The average Bonchev–Trinajstić information content (AvgIpc) is 2.85. The zero-order chi connectivity index (χ0) is 13.8. The molecule has 0 aliphatic heterocycles. The molecule has 0 fully saturated rings. The van der Waals surface area contributed by atoms with Gasteiger partial charge in [0, 0.05) is 17.8 Å². The number of hydrogen-bond donors (Lipinski definition) is 0. The van der Waals surface area contributed by atoms with Crippen LogP contribution in [-0.2, 0) is 12.4 Å². The van der Waals surface area contributed by atoms with Gasteiger partial charge in [-0.25, -0.2) is 0 Å². The van der Waals surface area contributed by atoms with Gasteiger partial charge in [0.05, 0.1) is 36.7 Å². The number of nitro groups is 1. The molecule has 0 amide bonds. The third kappa shape index (κ3) is 3.23. The molecule has 100 valence electrons. The number of alkyl halides is 1. The first-order valence-corrected chi connectivity index (χ1v) is 6.05. The van der Waals surface area contributed by atoms with Crippen LogP contribution in [0.1, 0.15) is 11.1 Å². The molecule has 0 saturated heterocycles. The van der Waals surface area contributed by atoms with Crippen LogP contribution in [0.3, 0.4) is 0 Å². The van der Waals surface area contributed by atoms with Crippen molar-refractivity contribution < 1.29 is 9.66 Å². The van der Waals surface area contributed by atoms with Crippen LogP contribution < -0.4 is 4.74 Å². The van der Waals surface area contributed by atoms with E-state index in [0.29, 0.717) is 18.2 Å². The molecular formula is C12H12ClN3O3. The molecule has 19 heavy (non-hydrogen) atoms. The van der Waals surface area contributed by atoms with Gasteiger partial charge >= 0.3 is 0 Å². The largest absolute Gasteiger partial charge is 0.496 e. The summed E-state index contributed by atoms with van der Waals surface area (Å²) in [4.78, 5) is 10.4. The van der Waals surface area contributed by atoms with Gasteiger partial charge in [-0.2, -0.15) is 5.10 Å². The minimum Gasteiger partial charge on any atom is -0.496 e. The normalized spacial score (nSPS) is 10.4. The Morgan fingerprint density at radius 3 is 2.79 bits per heavy atom. The number of halogens is 1. The van der Waals surface area contributed by atoms with Crippen molar-refractivity contribution in [2.75, 3.05) is 7.11 Å². The number of non-ortho nitro benzene ring substituents is 1. The highest BCUT2D eigenvalue weighted by Gasteiger charge is 2.11. The van der Waals surface area contributed by atoms with E-state index in [1.165, 1.54) is 19.2 Å². The number of nitrogens with zero attached hydrogens (tertiary/aromatic N) is 3. The molecule has 2 rings (SSSR count). The van der Waals surface area contributed by atoms with Crippen LogP contribution >= 0.6 is 11.6 Å². The van der Waals surface area contributed by atoms with Crippen molar-refractivity contribution in [1.82, 2.24) is 9.78 Å². The first kappa shape index (κ1) is 13.4. The number of rotatable bonds is 5. The van der Waals surface area contributed by atoms with Gasteiger partial charge < -0.3 is 4.74 Å². The van der Waals surface area contributed by atoms with Gasteiger partial charge in [-0.3, -0.25) is 14.8 Å². The lowest BCUT2D eigenvalue weighted by Crippen LogP contribution is -2.01. The lowest BCUT2D eigenvalue weighted by Gasteiger charge is -2.05. The summed E-state index contributed by atoms with van der Waals surface area (Å²) in [5, 5.41) is 15.0. The van der Waals surface area contributed by atoms with Crippen molar-refractivity contribution in [3.8, 4) is 5.75 Å². The molecule has 0 saturated carbocycles. The summed E-state index contributed by atoms with van der Waals surface area (Å²) in [6, 6.07) is 4.64. The standard InChI is InChI=1S/C12H12ClN3O3/c1-19-12-3-9(2-11(4-12)16(17)18)7-15-8-10(5-13)6-14-15/h2-4,6,8H,5,7H2,1H3. The molecule has 0 atom stereocenters. The number of ether oxygens (including phenoxy) is 1. The van der Waals surface area contributed by atoms with Gasteiger partial charge in [0.25, 0.3) is 5.69 Å². The van der Waals surface area contributed by atoms with Gasteiger partial charge in [-0.1, -0.05) is 0 Å². The van der Waals surface area contributed by atoms with Crippen LogP contribution in [0.4, 0.5) is 5.69 Å². The first-order valence-electron chi connectivity index (χ1n) is 5.52. The van der Waals surface area contributed by atoms with Gasteiger partial charge in [0.15, 0.2) is 0 Å². The maximum atomic E-state index is 10.8. The predicted octanol–water partition coefficient (Wildman–Crippen LogP) is 2.59. The smallest absolute Gasteiger partial charge is 0.273 e. The molecule has 6 nitrogen and oxygen atoms in total. The molecule has 0 N–H and O–H groups in total. The second-order valence-electron chi connectivity index (χ2n) is 3.98. The molecule has 2 aromatic rings. The highest BCUT2D eigenvalue weighted by molar-refractivity contribution is 6.17. The fourth-order valence-corrected chi connectivity index (χ4v) is 1.84. The van der Waals surface area contributed by atoms with Crippen molar-refractivity contribution in [2.24, 2.45) is 0 Å². The molecule has 0 aliphatic rings. The van der Waals surface area contributed by atoms with Crippen LogP contribution in [-0.4, -0.2) is 21.8 Å². The molecule has 0 spiro atoms. The maximum absolute atomic E-state index is 10.8. The third-order valence-corrected chi connectivity index (χ3v) is 2.89. The van der Waals surface area contributed by atoms with Crippen LogP contribution in [0.25, 0.3) is 0 Å². The summed E-state index contributed by atoms with van der Waals surface area (Å²) in [5.74, 6) is 0.840. The van der Waals surface area contributed by atoms with E-state index in [-0.39, 0.29) is 5.69 Å². The molecular weight excluding hydrogens is 270 g/mol. The van der Waals surface area contributed by atoms with E-state index in [2.05, 4.69) is 5.10 Å². The Bertz CT molecular complexity index is 598. The Kier molecular flexibility index (Phi) is 4.01. The third-order valence-electron chi connectivity index (χ3n) is 2.58. The van der Waals surface area contributed by atoms with E-state index in [1.54, 1.807) is 23.1 Å². The van der Waals surface area contributed by atoms with Crippen LogP contribution in [0.5, 0.6) is 5.75 Å². The van der Waals surface area contributed by atoms with E-state index in [9.17, 15) is 10.1 Å². The number of hydrogen-bond acceptors (Lipinski definition) is 4. The Hall–Kier alpha value is -2.08. The SMILES string of the molecule is COc1cc(Cn2cc(CCl)cn2)cc([N+](=O)[O-])c1. The Balaban J connectivity index is 2.28. The number of aromatic nitrogens is 2. The lowest BCUT2D eigenvalue weighted by molar-refractivity contribution is -0.385. The van der Waals surface area contributed by atoms with Crippen LogP contribution in [0.2, 0.25) is 0 Å². The van der Waals surface area contributed by atoms with Crippen LogP contribution in [0, 0.1) is 10.1 Å². The lowest BCUT2D eigenvalue weighted by atomic mass is 10.2. The molecule has 0 radical (unpaired) electrons. The van der Waals surface area contributed by atoms with E-state index in [4.69, 9.17) is 16.3 Å². The maximum Gasteiger partial charge on any atom is 0.273 e. The van der Waals surface area contributed by atoms with Gasteiger partial charge in [0.1, 0.15) is 5.75 Å². The fourth-order valence-electron chi connectivity index (χ4n) is 1.71. The number of nitro benzene ring substituents is 1. The zero-order valence-corrected chi connectivity index (χ0v) is 11.0. The highest BCUT2D eigenvalue weighted by atomic mass is 35.5. The summed E-state index contributed by atoms with van der Waals surface area (Å²) in [6.07, 6.45) is 3.47. The Labute approximate surface area is 114 Å². The van der Waals surface area contributed by atoms with Crippen molar-refractivity contribution in [1.29, 1.82) is 0 Å². The van der Waals surface area contributed by atoms with Gasteiger partial charge in [-0.05, 0) is 11.6 Å². The zero-order valence-electron chi connectivity index (χ0n) is 10.2.